The molecule has 6 N–H and O–H groups in total. The average molecular weight is 603 g/mol. The minimum atomic E-state index is -0.782. The number of hydrogen-bond donors (Lipinski definition) is 5. The van der Waals surface area contributed by atoms with Crippen molar-refractivity contribution in [1.82, 2.24) is 26.2 Å². The first kappa shape index (κ1) is 33.9. The molecule has 1 aromatic carbocycles. The van der Waals surface area contributed by atoms with Crippen LogP contribution in [0.25, 0.3) is 0 Å². The van der Waals surface area contributed by atoms with Crippen LogP contribution in [0.5, 0.6) is 0 Å². The lowest BCUT2D eigenvalue weighted by Crippen LogP contribution is -2.65. The molecule has 1 aromatic rings. The number of carbonyl (C=O) groups excluding carboxylic acids is 4. The fourth-order valence-electron chi connectivity index (χ4n) is 5.55. The molecule has 0 aliphatic carbocycles. The van der Waals surface area contributed by atoms with E-state index in [-0.39, 0.29) is 23.6 Å². The molecule has 2 aliphatic rings. The lowest BCUT2D eigenvalue weighted by molar-refractivity contribution is -0.134. The van der Waals surface area contributed by atoms with E-state index >= 15 is 0 Å². The summed E-state index contributed by atoms with van der Waals surface area (Å²) in [7, 11) is 0. The number of thioether (sulfide) groups is 1. The van der Waals surface area contributed by atoms with E-state index in [1.807, 2.05) is 56.0 Å². The molecular formula is C31H50N6O4S. The summed E-state index contributed by atoms with van der Waals surface area (Å²) in [6, 6.07) is 7.24. The molecule has 4 amide bonds. The molecule has 0 bridgehead atoms. The number of fused-ring (bicyclic) bond motifs is 1. The number of hydrogen-bond acceptors (Lipinski definition) is 7. The van der Waals surface area contributed by atoms with Crippen molar-refractivity contribution in [2.24, 2.45) is 5.73 Å². The Balaban J connectivity index is 2.00. The van der Waals surface area contributed by atoms with Crippen molar-refractivity contribution in [3.63, 3.8) is 0 Å². The van der Waals surface area contributed by atoms with Gasteiger partial charge in [0.1, 0.15) is 12.1 Å². The molecule has 10 nitrogen and oxygen atoms in total. The SMILES string of the molecule is CC(C)(C)NC(=O)[C@@H]1[C@H](CSc2ccccc2)NC(=O)[C@H](CCCCN)NC(=O)CCCCCNC(=O)[C@@H]2CCCN12. The first-order chi connectivity index (χ1) is 20.1. The number of carbonyl (C=O) groups is 4. The second-order valence-corrected chi connectivity index (χ2v) is 13.4. The molecule has 0 radical (unpaired) electrons. The maximum Gasteiger partial charge on any atom is 0.242 e. The van der Waals surface area contributed by atoms with Crippen LogP contribution in [0.3, 0.4) is 0 Å². The van der Waals surface area contributed by atoms with Crippen molar-refractivity contribution < 1.29 is 19.2 Å². The summed E-state index contributed by atoms with van der Waals surface area (Å²) >= 11 is 1.55. The lowest BCUT2D eigenvalue weighted by Gasteiger charge is -2.39. The summed E-state index contributed by atoms with van der Waals surface area (Å²) in [5.74, 6) is -0.403. The summed E-state index contributed by atoms with van der Waals surface area (Å²) < 4.78 is 0. The molecular weight excluding hydrogens is 552 g/mol. The van der Waals surface area contributed by atoms with Crippen LogP contribution in [-0.4, -0.2) is 83.6 Å². The van der Waals surface area contributed by atoms with Crippen LogP contribution in [0.15, 0.2) is 35.2 Å². The molecule has 4 atom stereocenters. The molecule has 234 valence electrons. The van der Waals surface area contributed by atoms with Gasteiger partial charge in [0.15, 0.2) is 0 Å². The summed E-state index contributed by atoms with van der Waals surface area (Å²) in [6.07, 6.45) is 5.87. The van der Waals surface area contributed by atoms with E-state index in [4.69, 9.17) is 5.73 Å². The molecule has 3 rings (SSSR count). The van der Waals surface area contributed by atoms with Crippen molar-refractivity contribution in [2.45, 2.75) is 113 Å². The van der Waals surface area contributed by atoms with Crippen molar-refractivity contribution in [3.8, 4) is 0 Å². The van der Waals surface area contributed by atoms with Gasteiger partial charge in [-0.05, 0) is 90.9 Å². The molecule has 42 heavy (non-hydrogen) atoms. The molecule has 0 saturated carbocycles. The zero-order chi connectivity index (χ0) is 30.5. The fourth-order valence-corrected chi connectivity index (χ4v) is 6.54. The zero-order valence-electron chi connectivity index (χ0n) is 25.5. The minimum Gasteiger partial charge on any atom is -0.355 e. The summed E-state index contributed by atoms with van der Waals surface area (Å²) in [6.45, 7) is 7.36. The lowest BCUT2D eigenvalue weighted by atomic mass is 10.0. The van der Waals surface area contributed by atoms with Gasteiger partial charge in [-0.1, -0.05) is 24.6 Å². The van der Waals surface area contributed by atoms with E-state index in [0.29, 0.717) is 57.5 Å². The van der Waals surface area contributed by atoms with E-state index in [9.17, 15) is 19.2 Å². The Hall–Kier alpha value is -2.63. The highest BCUT2D eigenvalue weighted by atomic mass is 32.2. The zero-order valence-corrected chi connectivity index (χ0v) is 26.3. The van der Waals surface area contributed by atoms with Gasteiger partial charge in [-0.3, -0.25) is 24.1 Å². The first-order valence-electron chi connectivity index (χ1n) is 15.4. The number of rotatable bonds is 8. The molecule has 0 unspecified atom stereocenters. The highest BCUT2D eigenvalue weighted by Crippen LogP contribution is 2.27. The third-order valence-electron chi connectivity index (χ3n) is 7.58. The normalized spacial score (nSPS) is 25.2. The predicted molar refractivity (Wildman–Crippen MR) is 167 cm³/mol. The Labute approximate surface area is 255 Å². The van der Waals surface area contributed by atoms with E-state index in [2.05, 4.69) is 21.3 Å². The third kappa shape index (κ3) is 10.9. The van der Waals surface area contributed by atoms with Crippen LogP contribution < -0.4 is 27.0 Å². The summed E-state index contributed by atoms with van der Waals surface area (Å²) in [5.41, 5.74) is 5.20. The topological polar surface area (TPSA) is 146 Å². The molecule has 11 heteroatoms. The highest BCUT2D eigenvalue weighted by Gasteiger charge is 2.44. The molecule has 2 aliphatic heterocycles. The Bertz CT molecular complexity index is 1030. The molecule has 2 heterocycles. The maximum absolute atomic E-state index is 14.0. The van der Waals surface area contributed by atoms with E-state index < -0.39 is 29.7 Å². The van der Waals surface area contributed by atoms with Crippen molar-refractivity contribution in [3.05, 3.63) is 30.3 Å². The highest BCUT2D eigenvalue weighted by molar-refractivity contribution is 7.99. The van der Waals surface area contributed by atoms with Crippen LogP contribution in [-0.2, 0) is 19.2 Å². The van der Waals surface area contributed by atoms with Crippen molar-refractivity contribution in [2.75, 3.05) is 25.4 Å². The average Bonchev–Trinajstić information content (AvgIpc) is 3.41. The van der Waals surface area contributed by atoms with Gasteiger partial charge >= 0.3 is 0 Å². The second-order valence-electron chi connectivity index (χ2n) is 12.3. The number of benzene rings is 1. The van der Waals surface area contributed by atoms with E-state index in [0.717, 1.165) is 30.6 Å². The Morgan fingerprint density at radius 2 is 1.79 bits per heavy atom. The second kappa shape index (κ2) is 16.9. The van der Waals surface area contributed by atoms with Gasteiger partial charge in [-0.15, -0.1) is 11.8 Å². The van der Waals surface area contributed by atoms with Gasteiger partial charge < -0.3 is 27.0 Å². The van der Waals surface area contributed by atoms with Gasteiger partial charge in [0.25, 0.3) is 0 Å². The smallest absolute Gasteiger partial charge is 0.242 e. The minimum absolute atomic E-state index is 0.0913. The summed E-state index contributed by atoms with van der Waals surface area (Å²) in [5, 5.41) is 12.3. The fraction of sp³-hybridized carbons (Fsp3) is 0.677. The molecule has 2 saturated heterocycles. The van der Waals surface area contributed by atoms with Gasteiger partial charge in [-0.25, -0.2) is 0 Å². The van der Waals surface area contributed by atoms with Gasteiger partial charge in [0.2, 0.25) is 23.6 Å². The molecule has 0 aromatic heterocycles. The Morgan fingerprint density at radius 3 is 2.50 bits per heavy atom. The Morgan fingerprint density at radius 1 is 1.02 bits per heavy atom. The number of amides is 4. The largest absolute Gasteiger partial charge is 0.355 e. The van der Waals surface area contributed by atoms with Gasteiger partial charge in [0, 0.05) is 29.2 Å². The Kier molecular flexibility index (Phi) is 13.6. The first-order valence-corrected chi connectivity index (χ1v) is 16.4. The number of nitrogens with two attached hydrogens (primary N) is 1. The monoisotopic (exact) mass is 602 g/mol. The third-order valence-corrected chi connectivity index (χ3v) is 8.71. The van der Waals surface area contributed by atoms with Crippen molar-refractivity contribution >= 4 is 35.4 Å². The number of unbranched alkanes of at least 4 members (excludes halogenated alkanes) is 1. The number of nitrogens with zero attached hydrogens (tertiary/aromatic N) is 1. The molecule has 0 spiro atoms. The van der Waals surface area contributed by atoms with E-state index in [1.54, 1.807) is 11.8 Å². The van der Waals surface area contributed by atoms with Crippen LogP contribution in [0, 0.1) is 0 Å². The van der Waals surface area contributed by atoms with Crippen LogP contribution >= 0.6 is 11.8 Å². The quantitative estimate of drug-likeness (QED) is 0.227. The predicted octanol–water partition coefficient (Wildman–Crippen LogP) is 2.32. The van der Waals surface area contributed by atoms with Crippen LogP contribution in [0.4, 0.5) is 0 Å². The molecule has 2 fully saturated rings. The van der Waals surface area contributed by atoms with Gasteiger partial charge in [-0.2, -0.15) is 0 Å². The standard InChI is InChI=1S/C31H50N6O4S/c1-31(2,3)36-30(41)27-24(21-42-22-13-6-4-7-14-22)35-28(39)23(15-9-10-18-32)34-26(38)17-8-5-11-19-33-29(40)25-16-12-20-37(25)27/h4,6-7,13-14,23-25,27H,5,8-12,15-21,32H2,1-3H3,(H,33,40)(H,34,38)(H,35,39)(H,36,41)/t23-,24-,25-,27-/m0/s1. The van der Waals surface area contributed by atoms with Crippen molar-refractivity contribution in [1.29, 1.82) is 0 Å². The van der Waals surface area contributed by atoms with Crippen LogP contribution in [0.1, 0.15) is 78.6 Å². The van der Waals surface area contributed by atoms with Gasteiger partial charge in [0.05, 0.1) is 12.1 Å². The van der Waals surface area contributed by atoms with E-state index in [1.165, 1.54) is 0 Å². The van der Waals surface area contributed by atoms with Crippen LogP contribution in [0.2, 0.25) is 0 Å². The number of nitrogens with one attached hydrogen (secondary N) is 4. The summed E-state index contributed by atoms with van der Waals surface area (Å²) in [4.78, 5) is 57.1. The maximum atomic E-state index is 14.0.